The first kappa shape index (κ1) is 18.6. The predicted octanol–water partition coefficient (Wildman–Crippen LogP) is 6.06. The summed E-state index contributed by atoms with van der Waals surface area (Å²) in [7, 11) is 0. The van der Waals surface area contributed by atoms with Gasteiger partial charge in [0.1, 0.15) is 5.82 Å². The van der Waals surface area contributed by atoms with Gasteiger partial charge < -0.3 is 0 Å². The van der Waals surface area contributed by atoms with Crippen LogP contribution >= 0.6 is 11.6 Å². The molecule has 4 heteroatoms. The fraction of sp³-hybridized carbons (Fsp3) is 0.364. The van der Waals surface area contributed by atoms with Gasteiger partial charge in [0, 0.05) is 23.9 Å². The minimum absolute atomic E-state index is 0.0937. The van der Waals surface area contributed by atoms with Crippen LogP contribution in [0.5, 0.6) is 0 Å². The Labute approximate surface area is 159 Å². The molecule has 1 saturated carbocycles. The van der Waals surface area contributed by atoms with Gasteiger partial charge >= 0.3 is 0 Å². The van der Waals surface area contributed by atoms with E-state index >= 15 is 0 Å². The molecule has 0 saturated heterocycles. The average molecular weight is 369 g/mol. The molecule has 26 heavy (non-hydrogen) atoms. The van der Waals surface area contributed by atoms with Crippen molar-refractivity contribution in [3.05, 3.63) is 59.1 Å². The first-order valence-electron chi connectivity index (χ1n) is 9.11. The number of aromatic nitrogens is 2. The second-order valence-electron chi connectivity index (χ2n) is 6.64. The molecule has 0 spiro atoms. The molecule has 1 aromatic carbocycles. The lowest BCUT2D eigenvalue weighted by Gasteiger charge is -2.23. The maximum Gasteiger partial charge on any atom is 0.159 e. The normalized spacial score (nSPS) is 20.0. The molecule has 0 N–H and O–H groups in total. The molecule has 0 amide bonds. The van der Waals surface area contributed by atoms with Gasteiger partial charge in [-0.2, -0.15) is 0 Å². The predicted molar refractivity (Wildman–Crippen MR) is 104 cm³/mol. The van der Waals surface area contributed by atoms with Crippen LogP contribution in [0.3, 0.4) is 0 Å². The summed E-state index contributed by atoms with van der Waals surface area (Å²) in [5.41, 5.74) is 1.39. The van der Waals surface area contributed by atoms with Gasteiger partial charge in [0.25, 0.3) is 0 Å². The van der Waals surface area contributed by atoms with Crippen LogP contribution in [0.1, 0.15) is 44.6 Å². The molecule has 2 aromatic rings. The minimum atomic E-state index is -0.471. The zero-order chi connectivity index (χ0) is 18.4. The highest BCUT2D eigenvalue weighted by molar-refractivity contribution is 6.30. The summed E-state index contributed by atoms with van der Waals surface area (Å²) in [5.74, 6) is 7.71. The highest BCUT2D eigenvalue weighted by Gasteiger charge is 2.17. The Morgan fingerprint density at radius 2 is 1.92 bits per heavy atom. The van der Waals surface area contributed by atoms with E-state index in [4.69, 9.17) is 11.6 Å². The molecular formula is C22H22ClFN2. The standard InChI is InChI=1S/C22H22ClFN2/c1-2-3-4-16-5-7-17(8-6-16)9-10-18-14-25-22(26-15-18)19-11-12-20(23)21(24)13-19/h3-4,11-17H,2,5-8H2,1H3/t16-,17-. The van der Waals surface area contributed by atoms with Gasteiger partial charge in [-0.15, -0.1) is 0 Å². The minimum Gasteiger partial charge on any atom is -0.235 e. The van der Waals surface area contributed by atoms with Crippen LogP contribution in [-0.2, 0) is 0 Å². The van der Waals surface area contributed by atoms with Crippen molar-refractivity contribution in [3.8, 4) is 23.2 Å². The smallest absolute Gasteiger partial charge is 0.159 e. The monoisotopic (exact) mass is 368 g/mol. The maximum atomic E-state index is 13.6. The number of benzene rings is 1. The number of allylic oxidation sites excluding steroid dienone is 2. The molecule has 0 bridgehead atoms. The van der Waals surface area contributed by atoms with E-state index in [9.17, 15) is 4.39 Å². The van der Waals surface area contributed by atoms with E-state index in [0.29, 0.717) is 17.3 Å². The third kappa shape index (κ3) is 4.93. The van der Waals surface area contributed by atoms with Crippen molar-refractivity contribution in [1.82, 2.24) is 9.97 Å². The Hall–Kier alpha value is -2.18. The molecule has 2 nitrogen and oxygen atoms in total. The van der Waals surface area contributed by atoms with E-state index in [1.54, 1.807) is 18.5 Å². The molecule has 1 heterocycles. The first-order chi connectivity index (χ1) is 12.7. The Kier molecular flexibility index (Phi) is 6.41. The van der Waals surface area contributed by atoms with Crippen molar-refractivity contribution >= 4 is 11.6 Å². The van der Waals surface area contributed by atoms with Gasteiger partial charge in [-0.05, 0) is 56.2 Å². The zero-order valence-electron chi connectivity index (χ0n) is 14.9. The summed E-state index contributed by atoms with van der Waals surface area (Å²) in [6.07, 6.45) is 13.8. The first-order valence-corrected chi connectivity index (χ1v) is 9.49. The highest BCUT2D eigenvalue weighted by Crippen LogP contribution is 2.29. The molecule has 0 radical (unpaired) electrons. The van der Waals surface area contributed by atoms with Crippen molar-refractivity contribution in [2.24, 2.45) is 11.8 Å². The molecule has 3 rings (SSSR count). The van der Waals surface area contributed by atoms with Crippen molar-refractivity contribution in [1.29, 1.82) is 0 Å². The molecule has 0 unspecified atom stereocenters. The van der Waals surface area contributed by atoms with Crippen LogP contribution < -0.4 is 0 Å². The van der Waals surface area contributed by atoms with E-state index in [1.165, 1.54) is 25.0 Å². The molecule has 1 aliphatic rings. The molecule has 1 aromatic heterocycles. The third-order valence-electron chi connectivity index (χ3n) is 4.67. The number of hydrogen-bond acceptors (Lipinski definition) is 2. The Morgan fingerprint density at radius 3 is 2.58 bits per heavy atom. The summed E-state index contributed by atoms with van der Waals surface area (Å²) in [6, 6.07) is 4.56. The Balaban J connectivity index is 1.61. The molecular weight excluding hydrogens is 347 g/mol. The molecule has 1 aliphatic carbocycles. The topological polar surface area (TPSA) is 25.8 Å². The lowest BCUT2D eigenvalue weighted by atomic mass is 9.82. The fourth-order valence-corrected chi connectivity index (χ4v) is 3.26. The second kappa shape index (κ2) is 8.96. The van der Waals surface area contributed by atoms with Crippen LogP contribution in [-0.4, -0.2) is 9.97 Å². The van der Waals surface area contributed by atoms with E-state index in [0.717, 1.165) is 30.7 Å². The lowest BCUT2D eigenvalue weighted by Crippen LogP contribution is -2.11. The van der Waals surface area contributed by atoms with E-state index < -0.39 is 5.82 Å². The average Bonchev–Trinajstić information content (AvgIpc) is 2.68. The van der Waals surface area contributed by atoms with Gasteiger partial charge in [-0.3, -0.25) is 0 Å². The molecule has 0 aliphatic heterocycles. The molecule has 1 fully saturated rings. The summed E-state index contributed by atoms with van der Waals surface area (Å²) >= 11 is 5.70. The summed E-state index contributed by atoms with van der Waals surface area (Å²) < 4.78 is 13.6. The van der Waals surface area contributed by atoms with Gasteiger partial charge in [0.05, 0.1) is 10.6 Å². The van der Waals surface area contributed by atoms with Gasteiger partial charge in [-0.25, -0.2) is 14.4 Å². The molecule has 134 valence electrons. The quantitative estimate of drug-likeness (QED) is 0.486. The van der Waals surface area contributed by atoms with Crippen LogP contribution in [0.2, 0.25) is 5.02 Å². The third-order valence-corrected chi connectivity index (χ3v) is 4.97. The van der Waals surface area contributed by atoms with E-state index in [2.05, 4.69) is 40.9 Å². The van der Waals surface area contributed by atoms with Crippen molar-refractivity contribution in [2.75, 3.05) is 0 Å². The Bertz CT molecular complexity index is 825. The van der Waals surface area contributed by atoms with Crippen molar-refractivity contribution < 1.29 is 4.39 Å². The summed E-state index contributed by atoms with van der Waals surface area (Å²) in [4.78, 5) is 8.59. The fourth-order valence-electron chi connectivity index (χ4n) is 3.15. The Morgan fingerprint density at radius 1 is 1.19 bits per heavy atom. The second-order valence-corrected chi connectivity index (χ2v) is 7.05. The van der Waals surface area contributed by atoms with E-state index in [1.807, 2.05) is 0 Å². The summed E-state index contributed by atoms with van der Waals surface area (Å²) in [6.45, 7) is 2.17. The van der Waals surface area contributed by atoms with Crippen molar-refractivity contribution in [2.45, 2.75) is 39.0 Å². The summed E-state index contributed by atoms with van der Waals surface area (Å²) in [5, 5.41) is 0.0937. The SMILES string of the molecule is CCC=C[C@H]1CC[C@H](C#Cc2cnc(-c3ccc(Cl)c(F)c3)nc2)CC1. The maximum absolute atomic E-state index is 13.6. The zero-order valence-corrected chi connectivity index (χ0v) is 15.6. The number of nitrogens with zero attached hydrogens (tertiary/aromatic N) is 2. The lowest BCUT2D eigenvalue weighted by molar-refractivity contribution is 0.364. The van der Waals surface area contributed by atoms with Crippen LogP contribution in [0.4, 0.5) is 4.39 Å². The van der Waals surface area contributed by atoms with Gasteiger partial charge in [-0.1, -0.05) is 42.5 Å². The van der Waals surface area contributed by atoms with Crippen molar-refractivity contribution in [3.63, 3.8) is 0 Å². The van der Waals surface area contributed by atoms with Gasteiger partial charge in [0.15, 0.2) is 5.82 Å². The van der Waals surface area contributed by atoms with Crippen LogP contribution in [0.25, 0.3) is 11.4 Å². The largest absolute Gasteiger partial charge is 0.235 e. The van der Waals surface area contributed by atoms with Crippen LogP contribution in [0, 0.1) is 29.5 Å². The van der Waals surface area contributed by atoms with Crippen LogP contribution in [0.15, 0.2) is 42.7 Å². The number of halogens is 2. The number of rotatable bonds is 3. The molecule has 0 atom stereocenters. The van der Waals surface area contributed by atoms with Gasteiger partial charge in [0.2, 0.25) is 0 Å². The highest BCUT2D eigenvalue weighted by atomic mass is 35.5. The van der Waals surface area contributed by atoms with E-state index in [-0.39, 0.29) is 5.02 Å². The number of hydrogen-bond donors (Lipinski definition) is 0.